The lowest BCUT2D eigenvalue weighted by Crippen LogP contribution is -1.82. The van der Waals surface area contributed by atoms with Gasteiger partial charge in [-0.25, -0.2) is 0 Å². The Labute approximate surface area is 95.4 Å². The van der Waals surface area contributed by atoms with Gasteiger partial charge in [0.25, 0.3) is 0 Å². The summed E-state index contributed by atoms with van der Waals surface area (Å²) in [6.07, 6.45) is 2.50. The SMILES string of the molecule is OC#CCc1ccc(-c2ccccc2)cc1. The minimum atomic E-state index is 0.589. The fourth-order valence-corrected chi connectivity index (χ4v) is 1.59. The van der Waals surface area contributed by atoms with E-state index in [4.69, 9.17) is 5.11 Å². The van der Waals surface area contributed by atoms with Crippen molar-refractivity contribution in [1.82, 2.24) is 0 Å². The van der Waals surface area contributed by atoms with Crippen molar-refractivity contribution in [3.05, 3.63) is 60.2 Å². The maximum Gasteiger partial charge on any atom is 0.107 e. The molecular weight excluding hydrogens is 196 g/mol. The molecule has 0 aliphatic carbocycles. The largest absolute Gasteiger partial charge is 0.462 e. The number of aliphatic hydroxyl groups excluding tert-OH is 1. The molecular formula is C15H12O. The molecule has 16 heavy (non-hydrogen) atoms. The summed E-state index contributed by atoms with van der Waals surface area (Å²) in [4.78, 5) is 0. The molecule has 1 N–H and O–H groups in total. The second-order valence-electron chi connectivity index (χ2n) is 3.53. The summed E-state index contributed by atoms with van der Waals surface area (Å²) in [5.41, 5.74) is 3.52. The molecule has 2 rings (SSSR count). The fraction of sp³-hybridized carbons (Fsp3) is 0.0667. The molecule has 1 heteroatoms. The predicted molar refractivity (Wildman–Crippen MR) is 65.3 cm³/mol. The molecule has 78 valence electrons. The summed E-state index contributed by atoms with van der Waals surface area (Å²) in [5.74, 6) is 2.63. The first-order valence-corrected chi connectivity index (χ1v) is 5.16. The zero-order valence-electron chi connectivity index (χ0n) is 8.85. The van der Waals surface area contributed by atoms with Gasteiger partial charge in [-0.1, -0.05) is 60.5 Å². The van der Waals surface area contributed by atoms with Crippen LogP contribution < -0.4 is 0 Å². The fourth-order valence-electron chi connectivity index (χ4n) is 1.59. The van der Waals surface area contributed by atoms with E-state index in [0.29, 0.717) is 6.42 Å². The van der Waals surface area contributed by atoms with Gasteiger partial charge in [-0.15, -0.1) is 0 Å². The maximum atomic E-state index is 8.40. The molecule has 0 heterocycles. The Hall–Kier alpha value is -2.20. The minimum Gasteiger partial charge on any atom is -0.462 e. The van der Waals surface area contributed by atoms with Crippen molar-refractivity contribution in [3.8, 4) is 23.2 Å². The Bertz CT molecular complexity index is 501. The van der Waals surface area contributed by atoms with Crippen LogP contribution in [-0.2, 0) is 6.42 Å². The molecule has 2 aromatic carbocycles. The van der Waals surface area contributed by atoms with Crippen LogP contribution in [0.4, 0.5) is 0 Å². The highest BCUT2D eigenvalue weighted by Crippen LogP contribution is 2.19. The number of hydrogen-bond donors (Lipinski definition) is 1. The summed E-state index contributed by atoms with van der Waals surface area (Å²) in [6.45, 7) is 0. The average molecular weight is 208 g/mol. The van der Waals surface area contributed by atoms with Crippen LogP contribution in [0.25, 0.3) is 11.1 Å². The van der Waals surface area contributed by atoms with E-state index in [1.54, 1.807) is 0 Å². The maximum absolute atomic E-state index is 8.40. The quantitative estimate of drug-likeness (QED) is 0.751. The lowest BCUT2D eigenvalue weighted by Gasteiger charge is -2.02. The van der Waals surface area contributed by atoms with Crippen LogP contribution >= 0.6 is 0 Å². The topological polar surface area (TPSA) is 20.2 Å². The molecule has 0 radical (unpaired) electrons. The second kappa shape index (κ2) is 5.04. The summed E-state index contributed by atoms with van der Waals surface area (Å²) in [6, 6.07) is 18.5. The van der Waals surface area contributed by atoms with E-state index in [1.165, 1.54) is 11.1 Å². The van der Waals surface area contributed by atoms with Crippen LogP contribution in [0.2, 0.25) is 0 Å². The van der Waals surface area contributed by atoms with E-state index < -0.39 is 0 Å². The van der Waals surface area contributed by atoms with Crippen molar-refractivity contribution in [2.75, 3.05) is 0 Å². The lowest BCUT2D eigenvalue weighted by molar-refractivity contribution is 0.516. The third-order valence-corrected chi connectivity index (χ3v) is 2.43. The van der Waals surface area contributed by atoms with Crippen LogP contribution in [-0.4, -0.2) is 5.11 Å². The molecule has 1 nitrogen and oxygen atoms in total. The number of rotatable bonds is 2. The predicted octanol–water partition coefficient (Wildman–Crippen LogP) is 3.23. The number of hydrogen-bond acceptors (Lipinski definition) is 1. The average Bonchev–Trinajstić information content (AvgIpc) is 2.38. The molecule has 0 fully saturated rings. The molecule has 0 aliphatic heterocycles. The first-order chi connectivity index (χ1) is 7.90. The third kappa shape index (κ3) is 2.43. The van der Waals surface area contributed by atoms with E-state index in [0.717, 1.165) is 5.56 Å². The Balaban J connectivity index is 2.22. The molecule has 0 amide bonds. The third-order valence-electron chi connectivity index (χ3n) is 2.43. The van der Waals surface area contributed by atoms with Gasteiger partial charge in [-0.05, 0) is 16.7 Å². The summed E-state index contributed by atoms with van der Waals surface area (Å²) in [7, 11) is 0. The molecule has 2 aromatic rings. The summed E-state index contributed by atoms with van der Waals surface area (Å²) in [5, 5.41) is 8.40. The van der Waals surface area contributed by atoms with Gasteiger partial charge in [0.1, 0.15) is 6.11 Å². The van der Waals surface area contributed by atoms with E-state index in [1.807, 2.05) is 36.4 Å². The molecule has 0 atom stereocenters. The van der Waals surface area contributed by atoms with E-state index in [-0.39, 0.29) is 0 Å². The van der Waals surface area contributed by atoms with Gasteiger partial charge in [0, 0.05) is 6.42 Å². The highest BCUT2D eigenvalue weighted by atomic mass is 16.2. The van der Waals surface area contributed by atoms with Gasteiger partial charge in [0.15, 0.2) is 0 Å². The van der Waals surface area contributed by atoms with Crippen LogP contribution in [0.3, 0.4) is 0 Å². The molecule has 0 saturated heterocycles. The second-order valence-corrected chi connectivity index (χ2v) is 3.53. The van der Waals surface area contributed by atoms with Gasteiger partial charge >= 0.3 is 0 Å². The number of benzene rings is 2. The van der Waals surface area contributed by atoms with Crippen molar-refractivity contribution in [2.24, 2.45) is 0 Å². The van der Waals surface area contributed by atoms with E-state index in [2.05, 4.69) is 30.2 Å². The monoisotopic (exact) mass is 208 g/mol. The van der Waals surface area contributed by atoms with Crippen molar-refractivity contribution in [2.45, 2.75) is 6.42 Å². The van der Waals surface area contributed by atoms with Gasteiger partial charge in [0.2, 0.25) is 0 Å². The first-order valence-electron chi connectivity index (χ1n) is 5.16. The zero-order chi connectivity index (χ0) is 11.2. The zero-order valence-corrected chi connectivity index (χ0v) is 8.85. The molecule has 0 bridgehead atoms. The van der Waals surface area contributed by atoms with Crippen molar-refractivity contribution in [3.63, 3.8) is 0 Å². The van der Waals surface area contributed by atoms with Crippen molar-refractivity contribution < 1.29 is 5.11 Å². The van der Waals surface area contributed by atoms with E-state index >= 15 is 0 Å². The van der Waals surface area contributed by atoms with Gasteiger partial charge < -0.3 is 5.11 Å². The highest BCUT2D eigenvalue weighted by molar-refractivity contribution is 5.63. The summed E-state index contributed by atoms with van der Waals surface area (Å²) >= 11 is 0. The van der Waals surface area contributed by atoms with Crippen LogP contribution in [0, 0.1) is 12.0 Å². The molecule has 0 aromatic heterocycles. The normalized spacial score (nSPS) is 9.25. The van der Waals surface area contributed by atoms with Crippen LogP contribution in [0.5, 0.6) is 0 Å². The van der Waals surface area contributed by atoms with Crippen LogP contribution in [0.1, 0.15) is 5.56 Å². The number of aliphatic hydroxyl groups is 1. The van der Waals surface area contributed by atoms with Gasteiger partial charge in [-0.2, -0.15) is 0 Å². The highest BCUT2D eigenvalue weighted by Gasteiger charge is 1.96. The Morgan fingerprint density at radius 3 is 2.06 bits per heavy atom. The Morgan fingerprint density at radius 2 is 1.44 bits per heavy atom. The summed E-state index contributed by atoms with van der Waals surface area (Å²) < 4.78 is 0. The standard InChI is InChI=1S/C15H12O/c16-12-4-5-13-8-10-15(11-9-13)14-6-2-1-3-7-14/h1-3,6-11,16H,5H2. The first kappa shape index (κ1) is 10.3. The Kier molecular flexibility index (Phi) is 3.25. The molecule has 0 saturated carbocycles. The van der Waals surface area contributed by atoms with Gasteiger partial charge in [-0.3, -0.25) is 0 Å². The molecule has 0 aliphatic rings. The van der Waals surface area contributed by atoms with Crippen LogP contribution in [0.15, 0.2) is 54.6 Å². The van der Waals surface area contributed by atoms with E-state index in [9.17, 15) is 0 Å². The van der Waals surface area contributed by atoms with Gasteiger partial charge in [0.05, 0.1) is 0 Å². The molecule has 0 spiro atoms. The lowest BCUT2D eigenvalue weighted by atomic mass is 10.0. The Morgan fingerprint density at radius 1 is 0.812 bits per heavy atom. The van der Waals surface area contributed by atoms with Crippen molar-refractivity contribution in [1.29, 1.82) is 0 Å². The molecule has 0 unspecified atom stereocenters. The smallest absolute Gasteiger partial charge is 0.107 e. The van der Waals surface area contributed by atoms with Crippen molar-refractivity contribution >= 4 is 0 Å². The minimum absolute atomic E-state index is 0.589.